The van der Waals surface area contributed by atoms with Crippen molar-refractivity contribution in [1.82, 2.24) is 9.88 Å². The number of hydrogen-bond donors (Lipinski definition) is 1. The molecule has 0 unspecified atom stereocenters. The van der Waals surface area contributed by atoms with Gasteiger partial charge in [0.25, 0.3) is 5.91 Å². The summed E-state index contributed by atoms with van der Waals surface area (Å²) >= 11 is 1.35. The molecule has 8 heteroatoms. The Bertz CT molecular complexity index is 888. The van der Waals surface area contributed by atoms with Crippen LogP contribution in [0.2, 0.25) is 0 Å². The van der Waals surface area contributed by atoms with Gasteiger partial charge in [-0.05, 0) is 31.0 Å². The molecule has 1 amide bonds. The molecule has 1 aliphatic carbocycles. The molecule has 0 saturated heterocycles. The molecule has 1 saturated carbocycles. The Labute approximate surface area is 160 Å². The Kier molecular flexibility index (Phi) is 4.51. The van der Waals surface area contributed by atoms with Gasteiger partial charge in [0.2, 0.25) is 6.79 Å². The highest BCUT2D eigenvalue weighted by molar-refractivity contribution is 7.13. The van der Waals surface area contributed by atoms with E-state index in [0.717, 1.165) is 24.8 Å². The van der Waals surface area contributed by atoms with Gasteiger partial charge < -0.3 is 19.5 Å². The summed E-state index contributed by atoms with van der Waals surface area (Å²) in [5, 5.41) is 12.1. The van der Waals surface area contributed by atoms with Gasteiger partial charge in [-0.15, -0.1) is 11.3 Å². The van der Waals surface area contributed by atoms with Crippen molar-refractivity contribution in [2.75, 3.05) is 13.8 Å². The quantitative estimate of drug-likeness (QED) is 0.864. The maximum Gasteiger partial charge on any atom is 0.329 e. The van der Waals surface area contributed by atoms with E-state index in [4.69, 9.17) is 9.47 Å². The van der Waals surface area contributed by atoms with Crippen LogP contribution in [0.3, 0.4) is 0 Å². The van der Waals surface area contributed by atoms with E-state index in [1.165, 1.54) is 16.2 Å². The second-order valence-electron chi connectivity index (χ2n) is 6.87. The molecule has 142 valence electrons. The van der Waals surface area contributed by atoms with E-state index in [-0.39, 0.29) is 18.4 Å². The molecule has 0 atom stereocenters. The first-order valence-electron chi connectivity index (χ1n) is 8.88. The molecule has 0 radical (unpaired) electrons. The third kappa shape index (κ3) is 3.03. The Morgan fingerprint density at radius 2 is 1.93 bits per heavy atom. The number of nitrogens with zero attached hydrogens (tertiary/aromatic N) is 2. The number of carbonyl (C=O) groups is 2. The predicted octanol–water partition coefficient (Wildman–Crippen LogP) is 3.40. The fraction of sp³-hybridized carbons (Fsp3) is 0.421. The number of carbonyl (C=O) groups excluding carboxylic acids is 1. The first kappa shape index (κ1) is 17.8. The number of benzene rings is 1. The van der Waals surface area contributed by atoms with Crippen molar-refractivity contribution in [2.45, 2.75) is 37.6 Å². The van der Waals surface area contributed by atoms with Crippen LogP contribution in [-0.2, 0) is 4.79 Å². The lowest BCUT2D eigenvalue weighted by molar-refractivity contribution is -0.151. The van der Waals surface area contributed by atoms with Gasteiger partial charge in [-0.1, -0.05) is 19.3 Å². The summed E-state index contributed by atoms with van der Waals surface area (Å²) in [6.07, 6.45) is 3.57. The normalized spacial score (nSPS) is 17.5. The second-order valence-corrected chi connectivity index (χ2v) is 7.73. The number of fused-ring (bicyclic) bond motifs is 1. The second kappa shape index (κ2) is 6.84. The van der Waals surface area contributed by atoms with Crippen LogP contribution in [0.5, 0.6) is 11.5 Å². The number of hydrogen-bond acceptors (Lipinski definition) is 6. The van der Waals surface area contributed by atoms with Crippen LogP contribution in [0, 0.1) is 0 Å². The molecule has 2 aromatic rings. The van der Waals surface area contributed by atoms with Gasteiger partial charge >= 0.3 is 5.97 Å². The predicted molar refractivity (Wildman–Crippen MR) is 99.2 cm³/mol. The van der Waals surface area contributed by atoms with Crippen LogP contribution < -0.4 is 9.47 Å². The molecular formula is C19H20N2O5S. The number of amides is 1. The summed E-state index contributed by atoms with van der Waals surface area (Å²) in [4.78, 5) is 30.7. The van der Waals surface area contributed by atoms with Crippen LogP contribution in [0.25, 0.3) is 10.6 Å². The van der Waals surface area contributed by atoms with Gasteiger partial charge in [0, 0.05) is 18.0 Å². The van der Waals surface area contributed by atoms with Gasteiger partial charge in [0.1, 0.15) is 16.2 Å². The molecular weight excluding hydrogens is 368 g/mol. The Hall–Kier alpha value is -2.61. The molecule has 1 aliphatic heterocycles. The van der Waals surface area contributed by atoms with Gasteiger partial charge in [0.05, 0.1) is 0 Å². The smallest absolute Gasteiger partial charge is 0.329 e. The monoisotopic (exact) mass is 388 g/mol. The lowest BCUT2D eigenvalue weighted by atomic mass is 9.80. The van der Waals surface area contributed by atoms with Crippen molar-refractivity contribution in [3.8, 4) is 22.1 Å². The number of carboxylic acid groups (broad SMARTS) is 1. The topological polar surface area (TPSA) is 89.0 Å². The van der Waals surface area contributed by atoms with Crippen LogP contribution in [0.15, 0.2) is 23.6 Å². The zero-order valence-corrected chi connectivity index (χ0v) is 15.8. The van der Waals surface area contributed by atoms with Crippen LogP contribution in [0.1, 0.15) is 42.6 Å². The standard InChI is InChI=1S/C19H20N2O5S/c1-21(19(18(23)24)7-3-2-4-8-19)17(22)13-10-27-16(20-13)12-5-6-14-15(9-12)26-11-25-14/h5-6,9-10H,2-4,7-8,11H2,1H3,(H,23,24). The number of carboxylic acids is 1. The molecule has 27 heavy (non-hydrogen) atoms. The number of ether oxygens (including phenoxy) is 2. The van der Waals surface area contributed by atoms with Crippen molar-refractivity contribution in [3.63, 3.8) is 0 Å². The van der Waals surface area contributed by atoms with Crippen molar-refractivity contribution >= 4 is 23.2 Å². The molecule has 1 aromatic carbocycles. The molecule has 2 heterocycles. The van der Waals surface area contributed by atoms with Gasteiger partial charge in [-0.25, -0.2) is 9.78 Å². The molecule has 1 N–H and O–H groups in total. The highest BCUT2D eigenvalue weighted by Crippen LogP contribution is 2.38. The Morgan fingerprint density at radius 1 is 1.19 bits per heavy atom. The minimum absolute atomic E-state index is 0.197. The van der Waals surface area contributed by atoms with Gasteiger partial charge in [0.15, 0.2) is 11.5 Å². The number of likely N-dealkylation sites (N-methyl/N-ethyl adjacent to an activating group) is 1. The van der Waals surface area contributed by atoms with Gasteiger partial charge in [-0.3, -0.25) is 4.79 Å². The first-order chi connectivity index (χ1) is 13.0. The molecule has 4 rings (SSSR count). The van der Waals surface area contributed by atoms with Gasteiger partial charge in [-0.2, -0.15) is 0 Å². The minimum atomic E-state index is -1.14. The van der Waals surface area contributed by atoms with Crippen molar-refractivity contribution in [3.05, 3.63) is 29.3 Å². The zero-order valence-electron chi connectivity index (χ0n) is 14.9. The molecule has 1 aromatic heterocycles. The fourth-order valence-corrected chi connectivity index (χ4v) is 4.52. The lowest BCUT2D eigenvalue weighted by Gasteiger charge is -2.40. The number of thiazole rings is 1. The average Bonchev–Trinajstić information content (AvgIpc) is 3.36. The van der Waals surface area contributed by atoms with Crippen LogP contribution in [0.4, 0.5) is 0 Å². The maximum absolute atomic E-state index is 12.9. The summed E-state index contributed by atoms with van der Waals surface area (Å²) in [5.41, 5.74) is -0.0457. The highest BCUT2D eigenvalue weighted by atomic mass is 32.1. The first-order valence-corrected chi connectivity index (χ1v) is 9.76. The van der Waals surface area contributed by atoms with Crippen molar-refractivity contribution < 1.29 is 24.2 Å². The summed E-state index contributed by atoms with van der Waals surface area (Å²) in [6.45, 7) is 0.197. The Morgan fingerprint density at radius 3 is 2.67 bits per heavy atom. The number of rotatable bonds is 4. The average molecular weight is 388 g/mol. The minimum Gasteiger partial charge on any atom is -0.479 e. The number of aliphatic carboxylic acids is 1. The molecule has 2 aliphatic rings. The van der Waals surface area contributed by atoms with E-state index in [2.05, 4.69) is 4.98 Å². The van der Waals surface area contributed by atoms with E-state index >= 15 is 0 Å². The molecule has 1 fully saturated rings. The Balaban J connectivity index is 1.59. The molecule has 0 spiro atoms. The van der Waals surface area contributed by atoms with E-state index in [1.54, 1.807) is 12.4 Å². The third-order valence-electron chi connectivity index (χ3n) is 5.37. The highest BCUT2D eigenvalue weighted by Gasteiger charge is 2.46. The number of aromatic nitrogens is 1. The summed E-state index contributed by atoms with van der Waals surface area (Å²) in [5.74, 6) is 0.0404. The maximum atomic E-state index is 12.9. The largest absolute Gasteiger partial charge is 0.479 e. The van der Waals surface area contributed by atoms with E-state index in [1.807, 2.05) is 18.2 Å². The van der Waals surface area contributed by atoms with E-state index in [9.17, 15) is 14.7 Å². The van der Waals surface area contributed by atoms with E-state index < -0.39 is 11.5 Å². The van der Waals surface area contributed by atoms with Crippen LogP contribution in [-0.4, -0.2) is 46.2 Å². The summed E-state index contributed by atoms with van der Waals surface area (Å²) < 4.78 is 10.7. The zero-order chi connectivity index (χ0) is 19.0. The third-order valence-corrected chi connectivity index (χ3v) is 6.26. The SMILES string of the molecule is CN(C(=O)c1csc(-c2ccc3c(c2)OCO3)n1)C1(C(=O)O)CCCCC1. The van der Waals surface area contributed by atoms with Crippen LogP contribution >= 0.6 is 11.3 Å². The lowest BCUT2D eigenvalue weighted by Crippen LogP contribution is -2.56. The van der Waals surface area contributed by atoms with Crippen molar-refractivity contribution in [1.29, 1.82) is 0 Å². The fourth-order valence-electron chi connectivity index (χ4n) is 3.73. The molecule has 7 nitrogen and oxygen atoms in total. The molecule has 0 bridgehead atoms. The van der Waals surface area contributed by atoms with E-state index in [0.29, 0.717) is 29.3 Å². The summed E-state index contributed by atoms with van der Waals surface area (Å²) in [7, 11) is 1.57. The van der Waals surface area contributed by atoms with Crippen molar-refractivity contribution in [2.24, 2.45) is 0 Å². The summed E-state index contributed by atoms with van der Waals surface area (Å²) in [6, 6.07) is 5.51.